The minimum Gasteiger partial charge on any atom is -0.461 e. The number of halogens is 1. The molecule has 0 saturated carbocycles. The summed E-state index contributed by atoms with van der Waals surface area (Å²) in [5, 5.41) is 3.48. The van der Waals surface area contributed by atoms with Gasteiger partial charge in [0, 0.05) is 31.5 Å². The standard InChI is InChI=1S/C21H26N2O2.ClH/c24-21(23-12-10-17-14-22-15-18(17)11-13-23)9-7-19-6-8-20(25-19)16-4-2-1-3-5-16;/h1-6,8,17-18,22H,7,9-15H2;1H/t17-,18+;. The molecule has 2 fully saturated rings. The monoisotopic (exact) mass is 374 g/mol. The number of hydrogen-bond acceptors (Lipinski definition) is 3. The van der Waals surface area contributed by atoms with Gasteiger partial charge in [-0.25, -0.2) is 0 Å². The molecule has 3 heterocycles. The lowest BCUT2D eigenvalue weighted by molar-refractivity contribution is -0.131. The van der Waals surface area contributed by atoms with Crippen molar-refractivity contribution in [2.75, 3.05) is 26.2 Å². The van der Waals surface area contributed by atoms with E-state index in [0.29, 0.717) is 12.8 Å². The summed E-state index contributed by atoms with van der Waals surface area (Å²) >= 11 is 0. The SMILES string of the molecule is Cl.O=C(CCc1ccc(-c2ccccc2)o1)N1CC[C@@H]2CNC[C@@H]2CC1. The highest BCUT2D eigenvalue weighted by molar-refractivity contribution is 5.85. The highest BCUT2D eigenvalue weighted by Gasteiger charge is 2.31. The van der Waals surface area contributed by atoms with Crippen LogP contribution in [0.3, 0.4) is 0 Å². The summed E-state index contributed by atoms with van der Waals surface area (Å²) in [7, 11) is 0. The van der Waals surface area contributed by atoms with Gasteiger partial charge in [0.05, 0.1) is 0 Å². The van der Waals surface area contributed by atoms with Crippen LogP contribution in [0.5, 0.6) is 0 Å². The first-order valence-corrected chi connectivity index (χ1v) is 9.42. The molecule has 0 bridgehead atoms. The molecule has 0 spiro atoms. The van der Waals surface area contributed by atoms with Crippen molar-refractivity contribution < 1.29 is 9.21 Å². The minimum absolute atomic E-state index is 0. The first kappa shape index (κ1) is 19.0. The van der Waals surface area contributed by atoms with E-state index in [4.69, 9.17) is 4.42 Å². The van der Waals surface area contributed by atoms with Gasteiger partial charge in [-0.3, -0.25) is 4.79 Å². The second kappa shape index (κ2) is 8.74. The molecular weight excluding hydrogens is 348 g/mol. The van der Waals surface area contributed by atoms with Crippen LogP contribution in [0.4, 0.5) is 0 Å². The highest BCUT2D eigenvalue weighted by atomic mass is 35.5. The van der Waals surface area contributed by atoms with E-state index in [1.807, 2.05) is 42.5 Å². The van der Waals surface area contributed by atoms with Gasteiger partial charge in [-0.2, -0.15) is 0 Å². The van der Waals surface area contributed by atoms with Gasteiger partial charge in [0.1, 0.15) is 11.5 Å². The fraction of sp³-hybridized carbons (Fsp3) is 0.476. The first-order chi connectivity index (χ1) is 12.3. The van der Waals surface area contributed by atoms with Crippen LogP contribution >= 0.6 is 12.4 Å². The highest BCUT2D eigenvalue weighted by Crippen LogP contribution is 2.27. The summed E-state index contributed by atoms with van der Waals surface area (Å²) in [6.45, 7) is 4.08. The summed E-state index contributed by atoms with van der Waals surface area (Å²) in [4.78, 5) is 14.7. The van der Waals surface area contributed by atoms with E-state index in [2.05, 4.69) is 10.2 Å². The van der Waals surface area contributed by atoms with Crippen LogP contribution < -0.4 is 5.32 Å². The van der Waals surface area contributed by atoms with E-state index in [0.717, 1.165) is 67.9 Å². The molecule has 1 amide bonds. The van der Waals surface area contributed by atoms with Gasteiger partial charge in [0.15, 0.2) is 0 Å². The molecule has 140 valence electrons. The van der Waals surface area contributed by atoms with Gasteiger partial charge in [-0.15, -0.1) is 12.4 Å². The van der Waals surface area contributed by atoms with Crippen LogP contribution in [-0.4, -0.2) is 37.0 Å². The van der Waals surface area contributed by atoms with Crippen molar-refractivity contribution in [2.45, 2.75) is 25.7 Å². The number of nitrogens with one attached hydrogen (secondary N) is 1. The third-order valence-corrected chi connectivity index (χ3v) is 5.68. The van der Waals surface area contributed by atoms with Crippen LogP contribution in [0.2, 0.25) is 0 Å². The number of amides is 1. The number of nitrogens with zero attached hydrogens (tertiary/aromatic N) is 1. The Labute approximate surface area is 161 Å². The first-order valence-electron chi connectivity index (χ1n) is 9.42. The summed E-state index contributed by atoms with van der Waals surface area (Å²) in [6, 6.07) is 14.1. The number of likely N-dealkylation sites (tertiary alicyclic amines) is 1. The number of aryl methyl sites for hydroxylation is 1. The number of hydrogen-bond donors (Lipinski definition) is 1. The topological polar surface area (TPSA) is 45.5 Å². The average molecular weight is 375 g/mol. The maximum Gasteiger partial charge on any atom is 0.223 e. The van der Waals surface area contributed by atoms with Gasteiger partial charge < -0.3 is 14.6 Å². The largest absolute Gasteiger partial charge is 0.461 e. The van der Waals surface area contributed by atoms with E-state index in [9.17, 15) is 4.79 Å². The van der Waals surface area contributed by atoms with Gasteiger partial charge in [0.25, 0.3) is 0 Å². The summed E-state index contributed by atoms with van der Waals surface area (Å²) < 4.78 is 5.91. The molecule has 0 aliphatic carbocycles. The normalized spacial score (nSPS) is 22.4. The third kappa shape index (κ3) is 4.30. The molecule has 2 saturated heterocycles. The molecule has 1 N–H and O–H groups in total. The van der Waals surface area contributed by atoms with Crippen LogP contribution in [0.25, 0.3) is 11.3 Å². The van der Waals surface area contributed by atoms with E-state index < -0.39 is 0 Å². The quantitative estimate of drug-likeness (QED) is 0.886. The number of fused-ring (bicyclic) bond motifs is 1. The fourth-order valence-electron chi connectivity index (χ4n) is 4.13. The van der Waals surface area contributed by atoms with Gasteiger partial charge >= 0.3 is 0 Å². The van der Waals surface area contributed by atoms with Gasteiger partial charge in [-0.05, 0) is 49.9 Å². The summed E-state index contributed by atoms with van der Waals surface area (Å²) in [6.07, 6.45) is 3.50. The van der Waals surface area contributed by atoms with Crippen LogP contribution in [0.1, 0.15) is 25.0 Å². The van der Waals surface area contributed by atoms with Crippen molar-refractivity contribution in [3.63, 3.8) is 0 Å². The molecule has 2 atom stereocenters. The van der Waals surface area contributed by atoms with Crippen LogP contribution in [0, 0.1) is 11.8 Å². The molecule has 0 unspecified atom stereocenters. The fourth-order valence-corrected chi connectivity index (χ4v) is 4.13. The van der Waals surface area contributed by atoms with E-state index in [1.54, 1.807) is 0 Å². The van der Waals surface area contributed by atoms with Crippen molar-refractivity contribution in [3.05, 3.63) is 48.2 Å². The van der Waals surface area contributed by atoms with Gasteiger partial charge in [-0.1, -0.05) is 30.3 Å². The number of carbonyl (C=O) groups is 1. The molecule has 4 nitrogen and oxygen atoms in total. The van der Waals surface area contributed by atoms with Crippen LogP contribution in [-0.2, 0) is 11.2 Å². The Kier molecular flexibility index (Phi) is 6.38. The second-order valence-electron chi connectivity index (χ2n) is 7.27. The van der Waals surface area contributed by atoms with E-state index in [1.165, 1.54) is 0 Å². The Balaban J connectivity index is 0.00000196. The molecule has 1 aromatic heterocycles. The third-order valence-electron chi connectivity index (χ3n) is 5.68. The van der Waals surface area contributed by atoms with E-state index >= 15 is 0 Å². The number of benzene rings is 1. The molecule has 2 aromatic rings. The predicted octanol–water partition coefficient (Wildman–Crippen LogP) is 3.76. The number of rotatable bonds is 4. The Morgan fingerprint density at radius 1 is 1.04 bits per heavy atom. The maximum atomic E-state index is 12.6. The maximum absolute atomic E-state index is 12.6. The molecular formula is C21H27ClN2O2. The van der Waals surface area contributed by atoms with Crippen molar-refractivity contribution in [3.8, 4) is 11.3 Å². The Hall–Kier alpha value is -1.78. The molecule has 5 heteroatoms. The second-order valence-corrected chi connectivity index (χ2v) is 7.27. The lowest BCUT2D eigenvalue weighted by Gasteiger charge is -2.20. The summed E-state index contributed by atoms with van der Waals surface area (Å²) in [5.41, 5.74) is 1.08. The smallest absolute Gasteiger partial charge is 0.223 e. The zero-order valence-corrected chi connectivity index (χ0v) is 15.8. The number of carbonyl (C=O) groups excluding carboxylic acids is 1. The van der Waals surface area contributed by atoms with Crippen molar-refractivity contribution in [1.82, 2.24) is 10.2 Å². The Bertz CT molecular complexity index is 702. The average Bonchev–Trinajstić information content (AvgIpc) is 3.26. The Morgan fingerprint density at radius 2 is 1.73 bits per heavy atom. The van der Waals surface area contributed by atoms with Crippen molar-refractivity contribution >= 4 is 18.3 Å². The molecule has 2 aliphatic heterocycles. The zero-order chi connectivity index (χ0) is 17.1. The van der Waals surface area contributed by atoms with Crippen molar-refractivity contribution in [1.29, 1.82) is 0 Å². The summed E-state index contributed by atoms with van der Waals surface area (Å²) in [5.74, 6) is 3.56. The molecule has 4 rings (SSSR count). The van der Waals surface area contributed by atoms with E-state index in [-0.39, 0.29) is 18.3 Å². The Morgan fingerprint density at radius 3 is 2.42 bits per heavy atom. The lowest BCUT2D eigenvalue weighted by Crippen LogP contribution is -2.32. The zero-order valence-electron chi connectivity index (χ0n) is 15.0. The molecule has 1 aromatic carbocycles. The predicted molar refractivity (Wildman–Crippen MR) is 105 cm³/mol. The number of furan rings is 1. The van der Waals surface area contributed by atoms with Crippen molar-refractivity contribution in [2.24, 2.45) is 11.8 Å². The lowest BCUT2D eigenvalue weighted by atomic mass is 9.92. The van der Waals surface area contributed by atoms with Crippen LogP contribution in [0.15, 0.2) is 46.9 Å². The van der Waals surface area contributed by atoms with Gasteiger partial charge in [0.2, 0.25) is 5.91 Å². The molecule has 26 heavy (non-hydrogen) atoms. The minimum atomic E-state index is 0. The molecule has 0 radical (unpaired) electrons. The molecule has 2 aliphatic rings.